The van der Waals surface area contributed by atoms with Gasteiger partial charge in [0.25, 0.3) is 0 Å². The quantitative estimate of drug-likeness (QED) is 0.707. The number of nitrogens with zero attached hydrogens (tertiary/aromatic N) is 5. The number of aryl methyl sites for hydroxylation is 1. The van der Waals surface area contributed by atoms with Crippen LogP contribution in [-0.4, -0.2) is 29.7 Å². The van der Waals surface area contributed by atoms with E-state index in [1.807, 2.05) is 17.8 Å². The van der Waals surface area contributed by atoms with Crippen molar-refractivity contribution in [3.63, 3.8) is 0 Å². The topological polar surface area (TPSA) is 84.3 Å². The van der Waals surface area contributed by atoms with Crippen molar-refractivity contribution in [1.29, 1.82) is 0 Å². The Hall–Kier alpha value is -2.44. The molecule has 0 atom stereocenters. The Kier molecular flexibility index (Phi) is 2.21. The summed E-state index contributed by atoms with van der Waals surface area (Å²) in [6.45, 7) is 2.87. The second-order valence-electron chi connectivity index (χ2n) is 3.53. The zero-order valence-corrected chi connectivity index (χ0v) is 9.25. The lowest BCUT2D eigenvalue weighted by Gasteiger charge is -2.02. The number of hydrogen-bond donors (Lipinski definition) is 2. The van der Waals surface area contributed by atoms with Gasteiger partial charge in [-0.2, -0.15) is 5.10 Å². The second kappa shape index (κ2) is 3.85. The Morgan fingerprint density at radius 3 is 3.12 bits per heavy atom. The lowest BCUT2D eigenvalue weighted by atomic mass is 10.4. The minimum absolute atomic E-state index is 0.644. The molecule has 2 N–H and O–H groups in total. The summed E-state index contributed by atoms with van der Waals surface area (Å²) in [5, 5.41) is 7.37. The Morgan fingerprint density at radius 2 is 2.29 bits per heavy atom. The van der Waals surface area contributed by atoms with Gasteiger partial charge >= 0.3 is 0 Å². The third kappa shape index (κ3) is 1.71. The summed E-state index contributed by atoms with van der Waals surface area (Å²) in [6.07, 6.45) is 6.76. The van der Waals surface area contributed by atoms with Gasteiger partial charge in [-0.3, -0.25) is 4.68 Å². The fourth-order valence-corrected chi connectivity index (χ4v) is 1.60. The predicted octanol–water partition coefficient (Wildman–Crippen LogP) is 1.31. The zero-order chi connectivity index (χ0) is 11.7. The third-order valence-electron chi connectivity index (χ3n) is 2.44. The van der Waals surface area contributed by atoms with Gasteiger partial charge in [0.1, 0.15) is 11.8 Å². The van der Waals surface area contributed by atoms with Crippen LogP contribution < -0.4 is 5.32 Å². The fourth-order valence-electron chi connectivity index (χ4n) is 1.60. The maximum absolute atomic E-state index is 4.18. The molecule has 0 radical (unpaired) electrons. The van der Waals surface area contributed by atoms with E-state index in [9.17, 15) is 0 Å². The summed E-state index contributed by atoms with van der Waals surface area (Å²) in [7, 11) is 0. The van der Waals surface area contributed by atoms with Crippen LogP contribution in [-0.2, 0) is 6.54 Å². The van der Waals surface area contributed by atoms with Gasteiger partial charge in [-0.15, -0.1) is 0 Å². The number of fused-ring (bicyclic) bond motifs is 1. The van der Waals surface area contributed by atoms with Crippen LogP contribution in [0.25, 0.3) is 11.2 Å². The van der Waals surface area contributed by atoms with E-state index >= 15 is 0 Å². The highest BCUT2D eigenvalue weighted by molar-refractivity contribution is 5.84. The van der Waals surface area contributed by atoms with Crippen LogP contribution in [0.15, 0.2) is 25.0 Å². The van der Waals surface area contributed by atoms with Crippen molar-refractivity contribution in [1.82, 2.24) is 29.7 Å². The number of aromatic amines is 1. The van der Waals surface area contributed by atoms with E-state index < -0.39 is 0 Å². The van der Waals surface area contributed by atoms with Crippen molar-refractivity contribution in [3.8, 4) is 0 Å². The highest BCUT2D eigenvalue weighted by atomic mass is 15.3. The fraction of sp³-hybridized carbons (Fsp3) is 0.200. The first-order valence-corrected chi connectivity index (χ1v) is 5.30. The summed E-state index contributed by atoms with van der Waals surface area (Å²) in [6, 6.07) is 0. The molecule has 0 aliphatic carbocycles. The summed E-state index contributed by atoms with van der Waals surface area (Å²) in [4.78, 5) is 15.3. The van der Waals surface area contributed by atoms with Crippen molar-refractivity contribution >= 4 is 22.7 Å². The molecule has 0 spiro atoms. The number of rotatable bonds is 3. The lowest BCUT2D eigenvalue weighted by molar-refractivity contribution is 0.660. The molecule has 3 heterocycles. The highest BCUT2D eigenvalue weighted by Crippen LogP contribution is 2.19. The van der Waals surface area contributed by atoms with E-state index in [1.54, 1.807) is 12.5 Å². The molecule has 0 unspecified atom stereocenters. The average molecular weight is 229 g/mol. The number of H-pyrrole nitrogens is 1. The van der Waals surface area contributed by atoms with Gasteiger partial charge in [0.05, 0.1) is 18.2 Å². The maximum Gasteiger partial charge on any atom is 0.182 e. The van der Waals surface area contributed by atoms with E-state index in [0.717, 1.165) is 17.7 Å². The molecule has 3 aromatic heterocycles. The van der Waals surface area contributed by atoms with Crippen LogP contribution in [0, 0.1) is 0 Å². The highest BCUT2D eigenvalue weighted by Gasteiger charge is 2.06. The third-order valence-corrected chi connectivity index (χ3v) is 2.44. The molecular formula is C10H11N7. The molecule has 0 aliphatic rings. The number of nitrogens with one attached hydrogen (secondary N) is 2. The van der Waals surface area contributed by atoms with E-state index in [-0.39, 0.29) is 0 Å². The van der Waals surface area contributed by atoms with Gasteiger partial charge < -0.3 is 10.3 Å². The lowest BCUT2D eigenvalue weighted by Crippen LogP contribution is -1.95. The van der Waals surface area contributed by atoms with Gasteiger partial charge in [-0.05, 0) is 6.92 Å². The Bertz CT molecular complexity index is 639. The number of aromatic nitrogens is 6. The number of hydrogen-bond acceptors (Lipinski definition) is 5. The van der Waals surface area contributed by atoms with Crippen LogP contribution in [0.4, 0.5) is 11.5 Å². The Labute approximate surface area is 96.9 Å². The molecule has 7 nitrogen and oxygen atoms in total. The van der Waals surface area contributed by atoms with Crippen molar-refractivity contribution < 1.29 is 0 Å². The van der Waals surface area contributed by atoms with Gasteiger partial charge in [-0.25, -0.2) is 15.0 Å². The van der Waals surface area contributed by atoms with Crippen LogP contribution >= 0.6 is 0 Å². The molecular weight excluding hydrogens is 218 g/mol. The van der Waals surface area contributed by atoms with E-state index in [4.69, 9.17) is 0 Å². The minimum atomic E-state index is 0.644. The maximum atomic E-state index is 4.18. The molecule has 3 aromatic rings. The van der Waals surface area contributed by atoms with Gasteiger partial charge in [0.15, 0.2) is 11.5 Å². The minimum Gasteiger partial charge on any atom is -0.340 e. The van der Waals surface area contributed by atoms with Crippen molar-refractivity contribution in [3.05, 3.63) is 25.0 Å². The molecule has 0 aliphatic heterocycles. The smallest absolute Gasteiger partial charge is 0.182 e. The molecule has 3 rings (SSSR count). The molecule has 0 saturated carbocycles. The molecule has 0 saturated heterocycles. The first kappa shape index (κ1) is 9.76. The average Bonchev–Trinajstić information content (AvgIpc) is 2.97. The SMILES string of the molecule is CCn1cc(Nc2ncnc3nc[nH]c23)cn1. The van der Waals surface area contributed by atoms with Crippen molar-refractivity contribution in [2.45, 2.75) is 13.5 Å². The zero-order valence-electron chi connectivity index (χ0n) is 9.25. The second-order valence-corrected chi connectivity index (χ2v) is 3.53. The first-order valence-electron chi connectivity index (χ1n) is 5.30. The number of anilines is 2. The van der Waals surface area contributed by atoms with Crippen molar-refractivity contribution in [2.75, 3.05) is 5.32 Å². The first-order chi connectivity index (χ1) is 8.36. The van der Waals surface area contributed by atoms with E-state index in [1.165, 1.54) is 6.33 Å². The van der Waals surface area contributed by atoms with Gasteiger partial charge in [-0.1, -0.05) is 0 Å². The Balaban J connectivity index is 1.96. The molecule has 86 valence electrons. The van der Waals surface area contributed by atoms with Crippen molar-refractivity contribution in [2.24, 2.45) is 0 Å². The monoisotopic (exact) mass is 229 g/mol. The molecule has 0 fully saturated rings. The number of imidazole rings is 1. The van der Waals surface area contributed by atoms with Gasteiger partial charge in [0, 0.05) is 12.7 Å². The summed E-state index contributed by atoms with van der Waals surface area (Å²) in [5.41, 5.74) is 2.32. The largest absolute Gasteiger partial charge is 0.340 e. The normalized spacial score (nSPS) is 10.9. The van der Waals surface area contributed by atoms with Crippen LogP contribution in [0.3, 0.4) is 0 Å². The van der Waals surface area contributed by atoms with Gasteiger partial charge in [0.2, 0.25) is 0 Å². The van der Waals surface area contributed by atoms with E-state index in [2.05, 4.69) is 30.4 Å². The molecule has 0 bridgehead atoms. The molecule has 17 heavy (non-hydrogen) atoms. The van der Waals surface area contributed by atoms with Crippen LogP contribution in [0.1, 0.15) is 6.92 Å². The van der Waals surface area contributed by atoms with Crippen LogP contribution in [0.5, 0.6) is 0 Å². The van der Waals surface area contributed by atoms with Crippen LogP contribution in [0.2, 0.25) is 0 Å². The molecule has 0 aromatic carbocycles. The molecule has 7 heteroatoms. The summed E-state index contributed by atoms with van der Waals surface area (Å²) < 4.78 is 1.84. The standard InChI is InChI=1S/C10H11N7/c1-2-17-4-7(3-15-17)16-10-8-9(12-5-11-8)13-6-14-10/h3-6H,2H2,1H3,(H2,11,12,13,14,16). The predicted molar refractivity (Wildman–Crippen MR) is 62.9 cm³/mol. The molecule has 0 amide bonds. The Morgan fingerprint density at radius 1 is 1.35 bits per heavy atom. The summed E-state index contributed by atoms with van der Waals surface area (Å²) in [5.74, 6) is 0.697. The van der Waals surface area contributed by atoms with E-state index in [0.29, 0.717) is 11.5 Å². The summed E-state index contributed by atoms with van der Waals surface area (Å²) >= 11 is 0.